The molecule has 0 aliphatic carbocycles. The molecule has 0 saturated carbocycles. The first-order chi connectivity index (χ1) is 5.27. The van der Waals surface area contributed by atoms with Crippen molar-refractivity contribution in [2.24, 2.45) is 0 Å². The first kappa shape index (κ1) is 10.9. The Labute approximate surface area is 67.7 Å². The normalized spacial score (nSPS) is 10.1. The molecule has 0 aliphatic rings. The first-order valence-corrected chi connectivity index (χ1v) is 3.95. The quantitative estimate of drug-likeness (QED) is 0.273. The molecule has 0 radical (unpaired) electrons. The molecule has 0 rings (SSSR count). The third-order valence-corrected chi connectivity index (χ3v) is 1.29. The van der Waals surface area contributed by atoms with E-state index in [2.05, 4.69) is 16.9 Å². The molecule has 4 nitrogen and oxygen atoms in total. The highest BCUT2D eigenvalue weighted by Crippen LogP contribution is 1.90. The summed E-state index contributed by atoms with van der Waals surface area (Å²) in [6.07, 6.45) is 3.47. The Kier molecular flexibility index (Phi) is 7.94. The van der Waals surface area contributed by atoms with Crippen LogP contribution in [0.25, 0.3) is 0 Å². The van der Waals surface area contributed by atoms with Crippen LogP contribution in [0.3, 0.4) is 0 Å². The molecule has 0 amide bonds. The SMILES string of the molecule is CCCCCNCOB(O)O. The number of hydrogen-bond donors (Lipinski definition) is 3. The average Bonchev–Trinajstić information content (AvgIpc) is 1.96. The van der Waals surface area contributed by atoms with Gasteiger partial charge in [-0.1, -0.05) is 19.8 Å². The van der Waals surface area contributed by atoms with Crippen LogP contribution in [0, 0.1) is 0 Å². The van der Waals surface area contributed by atoms with E-state index in [1.165, 1.54) is 12.8 Å². The third-order valence-electron chi connectivity index (χ3n) is 1.29. The molecule has 0 saturated heterocycles. The summed E-state index contributed by atoms with van der Waals surface area (Å²) in [5.41, 5.74) is 0. The van der Waals surface area contributed by atoms with E-state index in [9.17, 15) is 0 Å². The predicted molar refractivity (Wildman–Crippen MR) is 43.7 cm³/mol. The minimum Gasteiger partial charge on any atom is -0.402 e. The van der Waals surface area contributed by atoms with Gasteiger partial charge in [-0.15, -0.1) is 0 Å². The Hall–Kier alpha value is -0.0951. The van der Waals surface area contributed by atoms with Crippen molar-refractivity contribution in [2.75, 3.05) is 13.3 Å². The maximum absolute atomic E-state index is 8.25. The number of hydrogen-bond acceptors (Lipinski definition) is 4. The van der Waals surface area contributed by atoms with Gasteiger partial charge in [0.2, 0.25) is 0 Å². The zero-order chi connectivity index (χ0) is 8.53. The van der Waals surface area contributed by atoms with Crippen LogP contribution in [0.2, 0.25) is 0 Å². The van der Waals surface area contributed by atoms with Crippen molar-refractivity contribution in [3.05, 3.63) is 0 Å². The van der Waals surface area contributed by atoms with Crippen LogP contribution in [0.1, 0.15) is 26.2 Å². The molecule has 11 heavy (non-hydrogen) atoms. The smallest absolute Gasteiger partial charge is 0.402 e. The van der Waals surface area contributed by atoms with Gasteiger partial charge in [0.15, 0.2) is 0 Å². The summed E-state index contributed by atoms with van der Waals surface area (Å²) < 4.78 is 4.42. The van der Waals surface area contributed by atoms with Crippen molar-refractivity contribution < 1.29 is 14.7 Å². The summed E-state index contributed by atoms with van der Waals surface area (Å²) in [5.74, 6) is 0. The molecule has 0 aliphatic heterocycles. The maximum atomic E-state index is 8.25. The van der Waals surface area contributed by atoms with Gasteiger partial charge in [0.25, 0.3) is 0 Å². The van der Waals surface area contributed by atoms with Crippen LogP contribution in [0.5, 0.6) is 0 Å². The molecular formula is C6H16BNO3. The van der Waals surface area contributed by atoms with E-state index in [4.69, 9.17) is 10.0 Å². The zero-order valence-corrected chi connectivity index (χ0v) is 6.92. The molecule has 0 aromatic heterocycles. The van der Waals surface area contributed by atoms with Crippen molar-refractivity contribution in [3.63, 3.8) is 0 Å². The topological polar surface area (TPSA) is 61.7 Å². The van der Waals surface area contributed by atoms with Crippen molar-refractivity contribution >= 4 is 7.32 Å². The minimum atomic E-state index is -1.66. The monoisotopic (exact) mass is 161 g/mol. The van der Waals surface area contributed by atoms with Crippen LogP contribution in [0.15, 0.2) is 0 Å². The lowest BCUT2D eigenvalue weighted by molar-refractivity contribution is 0.171. The van der Waals surface area contributed by atoms with E-state index in [0.717, 1.165) is 13.0 Å². The van der Waals surface area contributed by atoms with Crippen molar-refractivity contribution in [1.82, 2.24) is 5.32 Å². The van der Waals surface area contributed by atoms with Crippen molar-refractivity contribution in [2.45, 2.75) is 26.2 Å². The van der Waals surface area contributed by atoms with Crippen molar-refractivity contribution in [1.29, 1.82) is 0 Å². The molecule has 66 valence electrons. The average molecular weight is 161 g/mol. The highest BCUT2D eigenvalue weighted by molar-refractivity contribution is 6.32. The van der Waals surface area contributed by atoms with Gasteiger partial charge in [-0.3, -0.25) is 5.32 Å². The molecule has 0 atom stereocenters. The summed E-state index contributed by atoms with van der Waals surface area (Å²) in [5, 5.41) is 19.4. The number of rotatable bonds is 7. The molecule has 0 aromatic rings. The Morgan fingerprint density at radius 2 is 2.09 bits per heavy atom. The summed E-state index contributed by atoms with van der Waals surface area (Å²) in [7, 11) is -1.66. The second kappa shape index (κ2) is 8.01. The van der Waals surface area contributed by atoms with Crippen molar-refractivity contribution in [3.8, 4) is 0 Å². The molecule has 0 spiro atoms. The largest absolute Gasteiger partial charge is 0.634 e. The van der Waals surface area contributed by atoms with Gasteiger partial charge in [-0.05, 0) is 13.0 Å². The Morgan fingerprint density at radius 1 is 1.36 bits per heavy atom. The fraction of sp³-hybridized carbons (Fsp3) is 1.00. The molecule has 0 heterocycles. The second-order valence-corrected chi connectivity index (χ2v) is 2.34. The van der Waals surface area contributed by atoms with Gasteiger partial charge < -0.3 is 14.7 Å². The fourth-order valence-corrected chi connectivity index (χ4v) is 0.706. The third kappa shape index (κ3) is 9.90. The highest BCUT2D eigenvalue weighted by atomic mass is 16.6. The predicted octanol–water partition coefficient (Wildman–Crippen LogP) is -0.290. The molecule has 3 N–H and O–H groups in total. The molecule has 0 aromatic carbocycles. The van der Waals surface area contributed by atoms with Gasteiger partial charge in [-0.25, -0.2) is 0 Å². The summed E-state index contributed by atoms with van der Waals surface area (Å²) in [6, 6.07) is 0. The second-order valence-electron chi connectivity index (χ2n) is 2.34. The minimum absolute atomic E-state index is 0.196. The molecule has 0 fully saturated rings. The van der Waals surface area contributed by atoms with Gasteiger partial charge >= 0.3 is 7.32 Å². The van der Waals surface area contributed by atoms with E-state index in [1.807, 2.05) is 0 Å². The van der Waals surface area contributed by atoms with Crippen LogP contribution in [-0.4, -0.2) is 30.6 Å². The van der Waals surface area contributed by atoms with E-state index in [-0.39, 0.29) is 6.73 Å². The van der Waals surface area contributed by atoms with Gasteiger partial charge in [0.1, 0.15) is 0 Å². The lowest BCUT2D eigenvalue weighted by Gasteiger charge is -2.03. The lowest BCUT2D eigenvalue weighted by atomic mass is 10.2. The Balaban J connectivity index is 2.80. The summed E-state index contributed by atoms with van der Waals surface area (Å²) >= 11 is 0. The lowest BCUT2D eigenvalue weighted by Crippen LogP contribution is -2.26. The van der Waals surface area contributed by atoms with Crippen LogP contribution >= 0.6 is 0 Å². The number of unbranched alkanes of at least 4 members (excludes halogenated alkanes) is 2. The van der Waals surface area contributed by atoms with Gasteiger partial charge in [0, 0.05) is 0 Å². The summed E-state index contributed by atoms with van der Waals surface area (Å²) in [6.45, 7) is 3.19. The molecule has 0 unspecified atom stereocenters. The summed E-state index contributed by atoms with van der Waals surface area (Å²) in [4.78, 5) is 0. The standard InChI is InChI=1S/C6H16BNO3/c1-2-3-4-5-8-6-11-7(9)10/h8-10H,2-6H2,1H3. The zero-order valence-electron chi connectivity index (χ0n) is 6.92. The first-order valence-electron chi connectivity index (χ1n) is 3.95. The number of nitrogens with one attached hydrogen (secondary N) is 1. The highest BCUT2D eigenvalue weighted by Gasteiger charge is 2.05. The van der Waals surface area contributed by atoms with Gasteiger partial charge in [-0.2, -0.15) is 0 Å². The van der Waals surface area contributed by atoms with Gasteiger partial charge in [0.05, 0.1) is 6.73 Å². The van der Waals surface area contributed by atoms with E-state index >= 15 is 0 Å². The molecule has 5 heteroatoms. The van der Waals surface area contributed by atoms with E-state index in [1.54, 1.807) is 0 Å². The fourth-order valence-electron chi connectivity index (χ4n) is 0.706. The Bertz CT molecular complexity index is 82.2. The Morgan fingerprint density at radius 3 is 2.64 bits per heavy atom. The maximum Gasteiger partial charge on any atom is 0.634 e. The molecular weight excluding hydrogens is 145 g/mol. The van der Waals surface area contributed by atoms with E-state index in [0.29, 0.717) is 0 Å². The van der Waals surface area contributed by atoms with Crippen LogP contribution in [0.4, 0.5) is 0 Å². The molecule has 0 bridgehead atoms. The van der Waals surface area contributed by atoms with Crippen LogP contribution < -0.4 is 5.32 Å². The van der Waals surface area contributed by atoms with E-state index < -0.39 is 7.32 Å². The van der Waals surface area contributed by atoms with Crippen LogP contribution in [-0.2, 0) is 4.65 Å².